The second kappa shape index (κ2) is 5.49. The van der Waals surface area contributed by atoms with Crippen molar-refractivity contribution in [3.05, 3.63) is 5.32 Å². The molecule has 1 nitrogen and oxygen atoms in total. The molecule has 0 bridgehead atoms. The van der Waals surface area contributed by atoms with E-state index in [9.17, 15) is 0 Å². The van der Waals surface area contributed by atoms with E-state index in [1.165, 1.54) is 0 Å². The van der Waals surface area contributed by atoms with Crippen LogP contribution in [0.5, 0.6) is 0 Å². The maximum absolute atomic E-state index is 4.53. The largest absolute Gasteiger partial charge is 1.00 e. The van der Waals surface area contributed by atoms with Gasteiger partial charge in [0.2, 0.25) is 0 Å². The fourth-order valence-electron chi connectivity index (χ4n) is 0.474. The first-order chi connectivity index (χ1) is 4.21. The van der Waals surface area contributed by atoms with Crippen LogP contribution in [0.2, 0.25) is 0 Å². The van der Waals surface area contributed by atoms with Crippen molar-refractivity contribution >= 4 is 0 Å². The average Bonchev–Trinajstić information content (AvgIpc) is 1.57. The van der Waals surface area contributed by atoms with Crippen LogP contribution in [0.4, 0.5) is 0 Å². The number of hydrogen-bond acceptors (Lipinski definition) is 0. The predicted molar refractivity (Wildman–Crippen MR) is 47.4 cm³/mol. The molecule has 0 aliphatic rings. The summed E-state index contributed by atoms with van der Waals surface area (Å²) >= 11 is 0. The third kappa shape index (κ3) is 14.6. The molecule has 0 rings (SSSR count). The zero-order chi connectivity index (χ0) is 8.41. The van der Waals surface area contributed by atoms with Crippen LogP contribution >= 0.6 is 0 Å². The van der Waals surface area contributed by atoms with E-state index >= 15 is 0 Å². The van der Waals surface area contributed by atoms with Gasteiger partial charge in [0.05, 0.1) is 0 Å². The Morgan fingerprint density at radius 2 is 1.27 bits per heavy atom. The van der Waals surface area contributed by atoms with Crippen LogP contribution in [0, 0.1) is 5.41 Å². The molecule has 0 amide bonds. The van der Waals surface area contributed by atoms with E-state index < -0.39 is 0 Å². The molecule has 0 aromatic carbocycles. The minimum Gasteiger partial charge on any atom is -0.657 e. The zero-order valence-electron chi connectivity index (χ0n) is 9.15. The first-order valence-corrected chi connectivity index (χ1v) is 3.89. The van der Waals surface area contributed by atoms with Gasteiger partial charge < -0.3 is 5.32 Å². The molecule has 0 N–H and O–H groups in total. The second-order valence-electron chi connectivity index (χ2n) is 5.05. The molecular weight excluding hydrogens is 208 g/mol. The first-order valence-electron chi connectivity index (χ1n) is 3.89. The Hall–Kier alpha value is 1.77. The van der Waals surface area contributed by atoms with Crippen LogP contribution in [0.1, 0.15) is 41.5 Å². The minimum absolute atomic E-state index is 0. The molecule has 0 saturated carbocycles. The Morgan fingerprint density at radius 1 is 0.909 bits per heavy atom. The van der Waals surface area contributed by atoms with Gasteiger partial charge >= 0.3 is 58.2 Å². The summed E-state index contributed by atoms with van der Waals surface area (Å²) in [6.07, 6.45) is 0. The summed E-state index contributed by atoms with van der Waals surface area (Å²) in [7, 11) is 0. The first kappa shape index (κ1) is 15.2. The van der Waals surface area contributed by atoms with Gasteiger partial charge in [0.1, 0.15) is 0 Å². The predicted octanol–water partition coefficient (Wildman–Crippen LogP) is 0.209. The van der Waals surface area contributed by atoms with Crippen molar-refractivity contribution in [1.82, 2.24) is 0 Å². The Labute approximate surface area is 121 Å². The van der Waals surface area contributed by atoms with Gasteiger partial charge in [0, 0.05) is 0 Å². The SMILES string of the molecule is CC(C)(C)C[N-]C(C)(C)C.[Rb+]. The van der Waals surface area contributed by atoms with E-state index in [0.29, 0.717) is 5.41 Å². The number of nitrogens with zero attached hydrogens (tertiary/aromatic N) is 1. The van der Waals surface area contributed by atoms with Crippen LogP contribution in [0.25, 0.3) is 5.32 Å². The van der Waals surface area contributed by atoms with E-state index in [1.807, 2.05) is 0 Å². The average molecular weight is 228 g/mol. The third-order valence-corrected chi connectivity index (χ3v) is 1.03. The van der Waals surface area contributed by atoms with Crippen LogP contribution in [-0.2, 0) is 0 Å². The third-order valence-electron chi connectivity index (χ3n) is 1.03. The van der Waals surface area contributed by atoms with E-state index in [2.05, 4.69) is 46.9 Å². The molecule has 0 fully saturated rings. The summed E-state index contributed by atoms with van der Waals surface area (Å²) in [6.45, 7) is 14.0. The van der Waals surface area contributed by atoms with Gasteiger partial charge in [-0.25, -0.2) is 0 Å². The van der Waals surface area contributed by atoms with Crippen molar-refractivity contribution in [2.75, 3.05) is 6.54 Å². The molecule has 0 aliphatic heterocycles. The zero-order valence-corrected chi connectivity index (χ0v) is 14.1. The van der Waals surface area contributed by atoms with Gasteiger partial charge in [-0.3, -0.25) is 0 Å². The molecule has 0 atom stereocenters. The Kier molecular flexibility index (Phi) is 7.60. The standard InChI is InChI=1S/C9H20N.Rb/c1-8(2,3)7-10-9(4,5)6;/h7H2,1-6H3;/q-1;+1. The normalized spacial score (nSPS) is 12.5. The monoisotopic (exact) mass is 227 g/mol. The van der Waals surface area contributed by atoms with Gasteiger partial charge in [-0.05, 0) is 0 Å². The molecule has 62 valence electrons. The fraction of sp³-hybridized carbons (Fsp3) is 1.00. The molecule has 0 saturated heterocycles. The van der Waals surface area contributed by atoms with Crippen molar-refractivity contribution in [2.45, 2.75) is 47.1 Å². The van der Waals surface area contributed by atoms with E-state index in [4.69, 9.17) is 0 Å². The minimum atomic E-state index is 0. The van der Waals surface area contributed by atoms with Crippen molar-refractivity contribution in [3.8, 4) is 0 Å². The number of rotatable bonds is 1. The summed E-state index contributed by atoms with van der Waals surface area (Å²) in [5, 5.41) is 4.53. The Morgan fingerprint density at radius 3 is 1.36 bits per heavy atom. The fourth-order valence-corrected chi connectivity index (χ4v) is 0.474. The summed E-state index contributed by atoms with van der Waals surface area (Å²) in [5.41, 5.74) is 0.473. The maximum atomic E-state index is 4.53. The molecule has 0 aromatic rings. The molecule has 11 heavy (non-hydrogen) atoms. The Bertz CT molecular complexity index is 83.1. The Balaban J connectivity index is 0. The van der Waals surface area contributed by atoms with Crippen molar-refractivity contribution in [3.63, 3.8) is 0 Å². The van der Waals surface area contributed by atoms with Crippen molar-refractivity contribution < 1.29 is 58.2 Å². The van der Waals surface area contributed by atoms with Gasteiger partial charge in [0.25, 0.3) is 0 Å². The molecule has 0 heterocycles. The maximum Gasteiger partial charge on any atom is 1.00 e. The molecule has 0 unspecified atom stereocenters. The molecule has 0 aromatic heterocycles. The van der Waals surface area contributed by atoms with E-state index in [-0.39, 0.29) is 63.7 Å². The second-order valence-corrected chi connectivity index (χ2v) is 5.05. The molecular formula is C9H20NRb. The van der Waals surface area contributed by atoms with Crippen LogP contribution in [-0.4, -0.2) is 12.1 Å². The van der Waals surface area contributed by atoms with Crippen LogP contribution in [0.15, 0.2) is 0 Å². The van der Waals surface area contributed by atoms with Gasteiger partial charge in [-0.15, -0.1) is 12.1 Å². The van der Waals surface area contributed by atoms with Gasteiger partial charge in [-0.1, -0.05) is 47.0 Å². The van der Waals surface area contributed by atoms with Gasteiger partial charge in [-0.2, -0.15) is 0 Å². The molecule has 2 heteroatoms. The smallest absolute Gasteiger partial charge is 0.657 e. The van der Waals surface area contributed by atoms with Crippen LogP contribution < -0.4 is 58.2 Å². The topological polar surface area (TPSA) is 14.1 Å². The van der Waals surface area contributed by atoms with E-state index in [1.54, 1.807) is 0 Å². The molecule has 0 aliphatic carbocycles. The quantitative estimate of drug-likeness (QED) is 0.608. The van der Waals surface area contributed by atoms with Gasteiger partial charge in [0.15, 0.2) is 0 Å². The summed E-state index contributed by atoms with van der Waals surface area (Å²) in [6, 6.07) is 0. The van der Waals surface area contributed by atoms with Crippen molar-refractivity contribution in [1.29, 1.82) is 0 Å². The number of hydrogen-bond donors (Lipinski definition) is 0. The molecule has 0 spiro atoms. The van der Waals surface area contributed by atoms with Crippen LogP contribution in [0.3, 0.4) is 0 Å². The molecule has 0 radical (unpaired) electrons. The summed E-state index contributed by atoms with van der Waals surface area (Å²) in [5.74, 6) is 0. The summed E-state index contributed by atoms with van der Waals surface area (Å²) in [4.78, 5) is 0. The van der Waals surface area contributed by atoms with E-state index in [0.717, 1.165) is 6.54 Å². The summed E-state index contributed by atoms with van der Waals surface area (Å²) < 4.78 is 0. The van der Waals surface area contributed by atoms with Crippen molar-refractivity contribution in [2.24, 2.45) is 5.41 Å².